The SMILES string of the molecule is Cc1ccc(NC(=O)CSc2nc3ccccc3nc2N2CC(C)OC(C)C2)cc1Cl. The van der Waals surface area contributed by atoms with Crippen molar-refractivity contribution in [1.29, 1.82) is 0 Å². The largest absolute Gasteiger partial charge is 0.372 e. The highest BCUT2D eigenvalue weighted by Gasteiger charge is 2.26. The van der Waals surface area contributed by atoms with E-state index >= 15 is 0 Å². The predicted octanol–water partition coefficient (Wildman–Crippen LogP) is 4.94. The first-order valence-corrected chi connectivity index (χ1v) is 11.6. The van der Waals surface area contributed by atoms with Gasteiger partial charge in [-0.25, -0.2) is 9.97 Å². The Balaban J connectivity index is 1.55. The molecule has 2 atom stereocenters. The molecule has 1 aliphatic heterocycles. The Hall–Kier alpha value is -2.35. The molecule has 0 spiro atoms. The summed E-state index contributed by atoms with van der Waals surface area (Å²) in [6.07, 6.45) is 0.203. The molecule has 0 bridgehead atoms. The number of anilines is 2. The summed E-state index contributed by atoms with van der Waals surface area (Å²) in [5, 5.41) is 4.28. The fourth-order valence-electron chi connectivity index (χ4n) is 3.63. The van der Waals surface area contributed by atoms with E-state index in [1.807, 2.05) is 43.3 Å². The second-order valence-electron chi connectivity index (χ2n) is 7.80. The molecule has 31 heavy (non-hydrogen) atoms. The molecule has 1 N–H and O–H groups in total. The van der Waals surface area contributed by atoms with Gasteiger partial charge in [-0.05, 0) is 50.6 Å². The summed E-state index contributed by atoms with van der Waals surface area (Å²) >= 11 is 7.56. The zero-order valence-electron chi connectivity index (χ0n) is 17.8. The summed E-state index contributed by atoms with van der Waals surface area (Å²) in [6.45, 7) is 7.52. The lowest BCUT2D eigenvalue weighted by Crippen LogP contribution is -2.46. The molecule has 2 heterocycles. The number of hydrogen-bond donors (Lipinski definition) is 1. The molecule has 3 aromatic rings. The fraction of sp³-hybridized carbons (Fsp3) is 0.348. The Morgan fingerprint density at radius 1 is 1.16 bits per heavy atom. The van der Waals surface area contributed by atoms with Gasteiger partial charge < -0.3 is 15.0 Å². The minimum atomic E-state index is -0.116. The van der Waals surface area contributed by atoms with Gasteiger partial charge in [-0.15, -0.1) is 0 Å². The Morgan fingerprint density at radius 2 is 1.84 bits per heavy atom. The van der Waals surface area contributed by atoms with E-state index in [9.17, 15) is 4.79 Å². The number of aromatic nitrogens is 2. The molecule has 8 heteroatoms. The number of halogens is 1. The smallest absolute Gasteiger partial charge is 0.234 e. The summed E-state index contributed by atoms with van der Waals surface area (Å²) < 4.78 is 5.88. The third-order valence-electron chi connectivity index (χ3n) is 5.04. The van der Waals surface area contributed by atoms with Crippen LogP contribution in [0.4, 0.5) is 11.5 Å². The Labute approximate surface area is 191 Å². The standard InChI is InChI=1S/C23H25ClN4O2S/c1-14-8-9-17(10-18(14)24)25-21(29)13-31-23-22(28-11-15(2)30-16(3)12-28)26-19-6-4-5-7-20(19)27-23/h4-10,15-16H,11-13H2,1-3H3,(H,25,29). The highest BCUT2D eigenvalue weighted by Crippen LogP contribution is 2.31. The highest BCUT2D eigenvalue weighted by atomic mass is 35.5. The number of para-hydroxylation sites is 2. The van der Waals surface area contributed by atoms with Gasteiger partial charge in [0, 0.05) is 23.8 Å². The molecule has 1 saturated heterocycles. The van der Waals surface area contributed by atoms with Crippen LogP contribution in [0, 0.1) is 6.92 Å². The lowest BCUT2D eigenvalue weighted by molar-refractivity contribution is -0.113. The first-order chi connectivity index (χ1) is 14.9. The van der Waals surface area contributed by atoms with Gasteiger partial charge in [0.25, 0.3) is 0 Å². The second kappa shape index (κ2) is 9.42. The van der Waals surface area contributed by atoms with Crippen LogP contribution >= 0.6 is 23.4 Å². The highest BCUT2D eigenvalue weighted by molar-refractivity contribution is 8.00. The van der Waals surface area contributed by atoms with Crippen LogP contribution in [0.15, 0.2) is 47.5 Å². The average molecular weight is 457 g/mol. The van der Waals surface area contributed by atoms with Crippen molar-refractivity contribution in [1.82, 2.24) is 9.97 Å². The van der Waals surface area contributed by atoms with Crippen LogP contribution in [0.25, 0.3) is 11.0 Å². The topological polar surface area (TPSA) is 67.4 Å². The fourth-order valence-corrected chi connectivity index (χ4v) is 4.62. The van der Waals surface area contributed by atoms with Crippen molar-refractivity contribution in [3.05, 3.63) is 53.1 Å². The summed E-state index contributed by atoms with van der Waals surface area (Å²) in [4.78, 5) is 24.5. The number of nitrogens with one attached hydrogen (secondary N) is 1. The van der Waals surface area contributed by atoms with Crippen molar-refractivity contribution < 1.29 is 9.53 Å². The monoisotopic (exact) mass is 456 g/mol. The number of aryl methyl sites for hydroxylation is 1. The predicted molar refractivity (Wildman–Crippen MR) is 127 cm³/mol. The van der Waals surface area contributed by atoms with Crippen LogP contribution < -0.4 is 10.2 Å². The Kier molecular flexibility index (Phi) is 6.65. The van der Waals surface area contributed by atoms with E-state index in [1.165, 1.54) is 11.8 Å². The van der Waals surface area contributed by atoms with Crippen LogP contribution in [-0.2, 0) is 9.53 Å². The summed E-state index contributed by atoms with van der Waals surface area (Å²) in [7, 11) is 0. The molecule has 162 valence electrons. The van der Waals surface area contributed by atoms with E-state index in [-0.39, 0.29) is 23.9 Å². The summed E-state index contributed by atoms with van der Waals surface area (Å²) in [6, 6.07) is 13.3. The molecule has 0 aliphatic carbocycles. The number of hydrogen-bond acceptors (Lipinski definition) is 6. The number of amides is 1. The maximum atomic E-state index is 12.6. The zero-order chi connectivity index (χ0) is 22.0. The molecule has 1 amide bonds. The first kappa shape index (κ1) is 21.9. The van der Waals surface area contributed by atoms with Gasteiger partial charge in [-0.2, -0.15) is 0 Å². The molecule has 0 saturated carbocycles. The van der Waals surface area contributed by atoms with Crippen molar-refractivity contribution in [3.63, 3.8) is 0 Å². The maximum absolute atomic E-state index is 12.6. The van der Waals surface area contributed by atoms with Crippen molar-refractivity contribution in [2.75, 3.05) is 29.1 Å². The maximum Gasteiger partial charge on any atom is 0.234 e. The summed E-state index contributed by atoms with van der Waals surface area (Å²) in [5.74, 6) is 0.910. The van der Waals surface area contributed by atoms with Crippen LogP contribution in [0.3, 0.4) is 0 Å². The van der Waals surface area contributed by atoms with Crippen LogP contribution in [0.2, 0.25) is 5.02 Å². The molecule has 1 aromatic heterocycles. The molecule has 6 nitrogen and oxygen atoms in total. The van der Waals surface area contributed by atoms with Gasteiger partial charge in [0.15, 0.2) is 5.82 Å². The number of ether oxygens (including phenoxy) is 1. The molecule has 0 radical (unpaired) electrons. The van der Waals surface area contributed by atoms with Crippen molar-refractivity contribution in [2.24, 2.45) is 0 Å². The Bertz CT molecular complexity index is 1100. The van der Waals surface area contributed by atoms with E-state index in [0.717, 1.165) is 40.5 Å². The van der Waals surface area contributed by atoms with Gasteiger partial charge in [0.05, 0.1) is 29.0 Å². The van der Waals surface area contributed by atoms with Gasteiger partial charge >= 0.3 is 0 Å². The molecule has 1 aliphatic rings. The number of thioether (sulfide) groups is 1. The number of nitrogens with zero attached hydrogens (tertiary/aromatic N) is 3. The summed E-state index contributed by atoms with van der Waals surface area (Å²) in [5.41, 5.74) is 3.31. The van der Waals surface area contributed by atoms with E-state index in [1.54, 1.807) is 6.07 Å². The number of carbonyl (C=O) groups excluding carboxylic acids is 1. The van der Waals surface area contributed by atoms with Gasteiger partial charge in [0.1, 0.15) is 5.03 Å². The second-order valence-corrected chi connectivity index (χ2v) is 9.18. The van der Waals surface area contributed by atoms with Crippen molar-refractivity contribution in [3.8, 4) is 0 Å². The first-order valence-electron chi connectivity index (χ1n) is 10.2. The Morgan fingerprint density at radius 3 is 2.52 bits per heavy atom. The minimum absolute atomic E-state index is 0.101. The minimum Gasteiger partial charge on any atom is -0.372 e. The normalized spacial score (nSPS) is 18.9. The lowest BCUT2D eigenvalue weighted by atomic mass is 10.2. The van der Waals surface area contributed by atoms with Crippen LogP contribution in [0.1, 0.15) is 19.4 Å². The van der Waals surface area contributed by atoms with E-state index in [2.05, 4.69) is 24.1 Å². The number of carbonyl (C=O) groups is 1. The molecular weight excluding hydrogens is 432 g/mol. The van der Waals surface area contributed by atoms with E-state index < -0.39 is 0 Å². The number of fused-ring (bicyclic) bond motifs is 1. The van der Waals surface area contributed by atoms with Gasteiger partial charge in [-0.3, -0.25) is 4.79 Å². The molecule has 2 aromatic carbocycles. The number of morpholine rings is 1. The number of benzene rings is 2. The molecule has 2 unspecified atom stereocenters. The van der Waals surface area contributed by atoms with E-state index in [4.69, 9.17) is 26.3 Å². The number of rotatable bonds is 5. The van der Waals surface area contributed by atoms with Crippen molar-refractivity contribution >= 4 is 51.8 Å². The van der Waals surface area contributed by atoms with Crippen molar-refractivity contribution in [2.45, 2.75) is 38.0 Å². The van der Waals surface area contributed by atoms with Gasteiger partial charge in [-0.1, -0.05) is 41.6 Å². The molecular formula is C23H25ClN4O2S. The van der Waals surface area contributed by atoms with Crippen LogP contribution in [-0.4, -0.2) is 46.9 Å². The van der Waals surface area contributed by atoms with Gasteiger partial charge in [0.2, 0.25) is 5.91 Å². The third kappa shape index (κ3) is 5.29. The molecule has 4 rings (SSSR count). The van der Waals surface area contributed by atoms with E-state index in [0.29, 0.717) is 10.7 Å². The average Bonchev–Trinajstić information content (AvgIpc) is 2.73. The lowest BCUT2D eigenvalue weighted by Gasteiger charge is -2.36. The third-order valence-corrected chi connectivity index (χ3v) is 6.40. The van der Waals surface area contributed by atoms with Crippen LogP contribution in [0.5, 0.6) is 0 Å². The zero-order valence-corrected chi connectivity index (χ0v) is 19.3. The quantitative estimate of drug-likeness (QED) is 0.549. The molecule has 1 fully saturated rings.